The Labute approximate surface area is 237 Å². The molecule has 7 heteroatoms. The predicted molar refractivity (Wildman–Crippen MR) is 152 cm³/mol. The molecule has 0 N–H and O–H groups in total. The molecular formula is C33H42O7. The highest BCUT2D eigenvalue weighted by molar-refractivity contribution is 5.87. The minimum atomic E-state index is -0.255. The van der Waals surface area contributed by atoms with Gasteiger partial charge in [0.15, 0.2) is 12.6 Å². The first-order valence-electron chi connectivity index (χ1n) is 14.8. The van der Waals surface area contributed by atoms with Gasteiger partial charge in [0.2, 0.25) is 0 Å². The van der Waals surface area contributed by atoms with Gasteiger partial charge in [0.25, 0.3) is 0 Å². The van der Waals surface area contributed by atoms with E-state index in [1.165, 1.54) is 7.11 Å². The molecular weight excluding hydrogens is 508 g/mol. The topological polar surface area (TPSA) is 72.5 Å². The molecule has 0 amide bonds. The first-order chi connectivity index (χ1) is 19.7. The maximum Gasteiger partial charge on any atom is 0.309 e. The van der Waals surface area contributed by atoms with E-state index in [1.54, 1.807) is 0 Å². The Kier molecular flexibility index (Phi) is 10.6. The van der Waals surface area contributed by atoms with Crippen molar-refractivity contribution >= 4 is 11.5 Å². The van der Waals surface area contributed by atoms with Crippen molar-refractivity contribution < 1.29 is 33.2 Å². The van der Waals surface area contributed by atoms with Gasteiger partial charge in [0.05, 0.1) is 26.7 Å². The fourth-order valence-corrected chi connectivity index (χ4v) is 5.73. The summed E-state index contributed by atoms with van der Waals surface area (Å²) in [5, 5.41) is 0. The minimum Gasteiger partial charge on any atom is -0.488 e. The van der Waals surface area contributed by atoms with Crippen LogP contribution in [-0.2, 0) is 47.9 Å². The van der Waals surface area contributed by atoms with E-state index >= 15 is 0 Å². The average molecular weight is 551 g/mol. The van der Waals surface area contributed by atoms with Gasteiger partial charge in [-0.2, -0.15) is 0 Å². The van der Waals surface area contributed by atoms with Crippen molar-refractivity contribution in [1.29, 1.82) is 0 Å². The minimum absolute atomic E-state index is 0.112. The molecule has 2 aromatic carbocycles. The molecule has 2 saturated heterocycles. The van der Waals surface area contributed by atoms with Crippen molar-refractivity contribution in [3.63, 3.8) is 0 Å². The number of ether oxygens (including phenoxy) is 6. The third-order valence-electron chi connectivity index (χ3n) is 7.81. The van der Waals surface area contributed by atoms with E-state index in [4.69, 9.17) is 28.4 Å². The molecule has 2 fully saturated rings. The summed E-state index contributed by atoms with van der Waals surface area (Å²) >= 11 is 0. The number of carbonyl (C=O) groups excluding carboxylic acids is 1. The van der Waals surface area contributed by atoms with Crippen LogP contribution in [0.25, 0.3) is 5.57 Å². The quantitative estimate of drug-likeness (QED) is 0.246. The Morgan fingerprint density at radius 3 is 2.42 bits per heavy atom. The lowest BCUT2D eigenvalue weighted by atomic mass is 9.86. The van der Waals surface area contributed by atoms with E-state index < -0.39 is 0 Å². The predicted octanol–water partition coefficient (Wildman–Crippen LogP) is 6.14. The van der Waals surface area contributed by atoms with Crippen LogP contribution in [-0.4, -0.2) is 52.1 Å². The summed E-state index contributed by atoms with van der Waals surface area (Å²) in [5.74, 6) is 0.577. The van der Waals surface area contributed by atoms with Crippen LogP contribution in [0.2, 0.25) is 0 Å². The molecule has 3 aliphatic heterocycles. The van der Waals surface area contributed by atoms with Crippen LogP contribution in [0.4, 0.5) is 0 Å². The Bertz CT molecular complexity index is 1150. The summed E-state index contributed by atoms with van der Waals surface area (Å²) in [6.45, 7) is 3.20. The maximum absolute atomic E-state index is 12.4. The molecule has 0 aromatic heterocycles. The normalized spacial score (nSPS) is 21.7. The van der Waals surface area contributed by atoms with Gasteiger partial charge in [-0.05, 0) is 91.7 Å². The van der Waals surface area contributed by atoms with Gasteiger partial charge in [-0.3, -0.25) is 4.79 Å². The molecule has 7 nitrogen and oxygen atoms in total. The lowest BCUT2D eigenvalue weighted by Gasteiger charge is -2.23. The molecule has 3 heterocycles. The third-order valence-corrected chi connectivity index (χ3v) is 7.81. The summed E-state index contributed by atoms with van der Waals surface area (Å²) in [6, 6.07) is 12.4. The molecule has 2 atom stereocenters. The summed E-state index contributed by atoms with van der Waals surface area (Å²) in [6.07, 6.45) is 10.9. The largest absolute Gasteiger partial charge is 0.488 e. The van der Waals surface area contributed by atoms with Crippen LogP contribution in [0.1, 0.15) is 79.2 Å². The van der Waals surface area contributed by atoms with Crippen LogP contribution < -0.4 is 4.74 Å². The summed E-state index contributed by atoms with van der Waals surface area (Å²) in [7, 11) is 1.43. The second-order valence-electron chi connectivity index (χ2n) is 10.6. The van der Waals surface area contributed by atoms with Gasteiger partial charge in [-0.1, -0.05) is 36.4 Å². The highest BCUT2D eigenvalue weighted by Gasteiger charge is 2.25. The molecule has 5 rings (SSSR count). The number of fused-ring (bicyclic) bond motifs is 2. The van der Waals surface area contributed by atoms with Gasteiger partial charge >= 0.3 is 5.97 Å². The lowest BCUT2D eigenvalue weighted by molar-refractivity contribution is -0.162. The zero-order valence-corrected chi connectivity index (χ0v) is 23.7. The summed E-state index contributed by atoms with van der Waals surface area (Å²) < 4.78 is 35.0. The maximum atomic E-state index is 12.4. The highest BCUT2D eigenvalue weighted by atomic mass is 16.7. The van der Waals surface area contributed by atoms with Crippen LogP contribution in [0.5, 0.6) is 5.75 Å². The second kappa shape index (κ2) is 14.8. The van der Waals surface area contributed by atoms with Gasteiger partial charge in [-0.25, -0.2) is 0 Å². The van der Waals surface area contributed by atoms with E-state index in [1.807, 2.05) is 18.2 Å². The van der Waals surface area contributed by atoms with Gasteiger partial charge < -0.3 is 28.4 Å². The molecule has 2 aromatic rings. The van der Waals surface area contributed by atoms with Crippen molar-refractivity contribution in [1.82, 2.24) is 0 Å². The van der Waals surface area contributed by atoms with Crippen molar-refractivity contribution in [3.05, 3.63) is 70.3 Å². The van der Waals surface area contributed by atoms with Crippen molar-refractivity contribution in [2.24, 2.45) is 0 Å². The number of esters is 1. The molecule has 2 unspecified atom stereocenters. The molecule has 0 spiro atoms. The monoisotopic (exact) mass is 550 g/mol. The SMILES string of the molecule is COC(=O)Cc1ccc2c(c1CCCOC1CCCCO1)/C(=C\CCOC1CCCCO1)c1ccccc1CO2. The van der Waals surface area contributed by atoms with E-state index in [2.05, 4.69) is 24.3 Å². The van der Waals surface area contributed by atoms with Crippen LogP contribution >= 0.6 is 0 Å². The van der Waals surface area contributed by atoms with E-state index in [0.29, 0.717) is 19.8 Å². The number of hydrogen-bond acceptors (Lipinski definition) is 7. The summed E-state index contributed by atoms with van der Waals surface area (Å²) in [4.78, 5) is 12.4. The molecule has 216 valence electrons. The molecule has 0 radical (unpaired) electrons. The van der Waals surface area contributed by atoms with E-state index in [9.17, 15) is 4.79 Å². The number of methoxy groups -OCH3 is 1. The van der Waals surface area contributed by atoms with Gasteiger partial charge in [0.1, 0.15) is 12.4 Å². The van der Waals surface area contributed by atoms with Crippen molar-refractivity contribution in [2.75, 3.05) is 33.5 Å². The van der Waals surface area contributed by atoms with Crippen LogP contribution in [0, 0.1) is 0 Å². The molecule has 0 bridgehead atoms. The Hall–Kier alpha value is -2.71. The zero-order chi connectivity index (χ0) is 27.6. The number of hydrogen-bond donors (Lipinski definition) is 0. The fraction of sp³-hybridized carbons (Fsp3) is 0.545. The summed E-state index contributed by atoms with van der Waals surface area (Å²) in [5.41, 5.74) is 6.53. The third kappa shape index (κ3) is 7.52. The molecule has 0 aliphatic carbocycles. The molecule has 40 heavy (non-hydrogen) atoms. The smallest absolute Gasteiger partial charge is 0.309 e. The number of benzene rings is 2. The first kappa shape index (κ1) is 28.8. The van der Waals surface area contributed by atoms with Crippen molar-refractivity contribution in [3.8, 4) is 5.75 Å². The van der Waals surface area contributed by atoms with Gasteiger partial charge in [0, 0.05) is 18.8 Å². The second-order valence-corrected chi connectivity index (χ2v) is 10.6. The Balaban J connectivity index is 1.42. The van der Waals surface area contributed by atoms with E-state index in [0.717, 1.165) is 110 Å². The Morgan fingerprint density at radius 1 is 0.950 bits per heavy atom. The van der Waals surface area contributed by atoms with Crippen LogP contribution in [0.3, 0.4) is 0 Å². The van der Waals surface area contributed by atoms with Gasteiger partial charge in [-0.15, -0.1) is 0 Å². The van der Waals surface area contributed by atoms with E-state index in [-0.39, 0.29) is 25.0 Å². The van der Waals surface area contributed by atoms with Crippen LogP contribution in [0.15, 0.2) is 42.5 Å². The standard InChI is InChI=1S/C33H42O7/c1-35-30(34)22-24-16-17-29-33(27(24)12-8-20-38-31-14-4-6-18-36-31)28(26-11-3-2-10-25(26)23-40-29)13-9-21-39-32-15-5-7-19-37-32/h2-3,10-11,13,16-17,31-32H,4-9,12,14-15,18-23H2,1H3/b28-13-. The fourth-order valence-electron chi connectivity index (χ4n) is 5.73. The molecule has 0 saturated carbocycles. The zero-order valence-electron chi connectivity index (χ0n) is 23.7. The lowest BCUT2D eigenvalue weighted by Crippen LogP contribution is -2.22. The number of carbonyl (C=O) groups is 1. The molecule has 3 aliphatic rings. The number of rotatable bonds is 11. The van der Waals surface area contributed by atoms with Crippen molar-refractivity contribution in [2.45, 2.75) is 83.4 Å². The highest BCUT2D eigenvalue weighted by Crippen LogP contribution is 2.41. The average Bonchev–Trinajstić information content (AvgIpc) is 3.16. The Morgan fingerprint density at radius 2 is 1.70 bits per heavy atom. The first-order valence-corrected chi connectivity index (χ1v) is 14.8.